The van der Waals surface area contributed by atoms with E-state index in [2.05, 4.69) is 19.2 Å². The molecule has 21 heavy (non-hydrogen) atoms. The molecule has 1 aliphatic rings. The van der Waals surface area contributed by atoms with Gasteiger partial charge in [0.1, 0.15) is 6.04 Å². The molecule has 1 N–H and O–H groups in total. The van der Waals surface area contributed by atoms with E-state index in [1.807, 2.05) is 29.1 Å². The Morgan fingerprint density at radius 3 is 2.52 bits per heavy atom. The highest BCUT2D eigenvalue weighted by Crippen LogP contribution is 2.20. The second kappa shape index (κ2) is 6.64. The van der Waals surface area contributed by atoms with Crippen LogP contribution >= 0.6 is 0 Å². The first kappa shape index (κ1) is 16.1. The van der Waals surface area contributed by atoms with Gasteiger partial charge in [-0.15, -0.1) is 0 Å². The molecular formula is C15H24N2O3S. The minimum Gasteiger partial charge on any atom is -0.354 e. The van der Waals surface area contributed by atoms with Crippen LogP contribution in [0.1, 0.15) is 32.7 Å². The van der Waals surface area contributed by atoms with Gasteiger partial charge in [0.25, 0.3) is 0 Å². The second-order valence-corrected chi connectivity index (χ2v) is 8.52. The van der Waals surface area contributed by atoms with Crippen molar-refractivity contribution in [2.75, 3.05) is 18.1 Å². The van der Waals surface area contributed by atoms with Crippen LogP contribution in [0.2, 0.25) is 0 Å². The predicted molar refractivity (Wildman–Crippen MR) is 82.7 cm³/mol. The summed E-state index contributed by atoms with van der Waals surface area (Å²) >= 11 is 0. The fraction of sp³-hybridized carbons (Fsp3) is 0.667. The molecule has 0 spiro atoms. The number of hydrogen-bond donors (Lipinski definition) is 1. The molecule has 0 bridgehead atoms. The van der Waals surface area contributed by atoms with E-state index in [1.54, 1.807) is 0 Å². The molecule has 1 aromatic rings. The van der Waals surface area contributed by atoms with Crippen molar-refractivity contribution in [3.8, 4) is 0 Å². The number of carbonyl (C=O) groups excluding carboxylic acids is 1. The van der Waals surface area contributed by atoms with Crippen LogP contribution in [-0.2, 0) is 14.6 Å². The maximum Gasteiger partial charge on any atom is 0.243 e. The molecule has 1 aromatic heterocycles. The summed E-state index contributed by atoms with van der Waals surface area (Å²) in [5.74, 6) is 0.897. The SMILES string of the molecule is CC(C)C[C@@H](C(=O)NCC1CCS(=O)(=O)C1)n1cccc1. The summed E-state index contributed by atoms with van der Waals surface area (Å²) in [6.07, 6.45) is 5.21. The standard InChI is InChI=1S/C15H24N2O3S/c1-12(2)9-14(17-6-3-4-7-17)15(18)16-10-13-5-8-21(19,20)11-13/h3-4,6-7,12-14H,5,8-11H2,1-2H3,(H,16,18)/t13?,14-/m0/s1. The predicted octanol–water partition coefficient (Wildman–Crippen LogP) is 1.63. The van der Waals surface area contributed by atoms with Crippen LogP contribution in [0.25, 0.3) is 0 Å². The smallest absolute Gasteiger partial charge is 0.243 e. The van der Waals surface area contributed by atoms with Crippen molar-refractivity contribution in [3.63, 3.8) is 0 Å². The minimum atomic E-state index is -2.88. The van der Waals surface area contributed by atoms with Crippen molar-refractivity contribution in [2.24, 2.45) is 11.8 Å². The van der Waals surface area contributed by atoms with Gasteiger partial charge in [-0.3, -0.25) is 4.79 Å². The molecule has 0 aromatic carbocycles. The highest BCUT2D eigenvalue weighted by Gasteiger charge is 2.29. The number of nitrogens with zero attached hydrogens (tertiary/aromatic N) is 1. The van der Waals surface area contributed by atoms with Crippen molar-refractivity contribution in [1.82, 2.24) is 9.88 Å². The van der Waals surface area contributed by atoms with Gasteiger partial charge in [0.2, 0.25) is 5.91 Å². The largest absolute Gasteiger partial charge is 0.354 e. The Hall–Kier alpha value is -1.30. The summed E-state index contributed by atoms with van der Waals surface area (Å²) in [5.41, 5.74) is 0. The van der Waals surface area contributed by atoms with Crippen molar-refractivity contribution < 1.29 is 13.2 Å². The number of aromatic nitrogens is 1. The lowest BCUT2D eigenvalue weighted by Gasteiger charge is -2.21. The maximum absolute atomic E-state index is 12.4. The van der Waals surface area contributed by atoms with Gasteiger partial charge >= 0.3 is 0 Å². The molecule has 2 atom stereocenters. The molecule has 6 heteroatoms. The first-order valence-electron chi connectivity index (χ1n) is 7.48. The molecular weight excluding hydrogens is 288 g/mol. The van der Waals surface area contributed by atoms with Crippen LogP contribution in [0.4, 0.5) is 0 Å². The van der Waals surface area contributed by atoms with Crippen molar-refractivity contribution >= 4 is 15.7 Å². The quantitative estimate of drug-likeness (QED) is 0.868. The Kier molecular flexibility index (Phi) is 5.08. The molecule has 1 fully saturated rings. The van der Waals surface area contributed by atoms with E-state index in [9.17, 15) is 13.2 Å². The minimum absolute atomic E-state index is 0.0239. The molecule has 0 aliphatic carbocycles. The molecule has 1 saturated heterocycles. The molecule has 2 rings (SSSR count). The highest BCUT2D eigenvalue weighted by atomic mass is 32.2. The highest BCUT2D eigenvalue weighted by molar-refractivity contribution is 7.91. The molecule has 118 valence electrons. The summed E-state index contributed by atoms with van der Waals surface area (Å²) < 4.78 is 24.8. The lowest BCUT2D eigenvalue weighted by atomic mass is 10.0. The third-order valence-electron chi connectivity index (χ3n) is 3.88. The van der Waals surface area contributed by atoms with Crippen LogP contribution in [-0.4, -0.2) is 36.9 Å². The number of hydrogen-bond acceptors (Lipinski definition) is 3. The van der Waals surface area contributed by atoms with Crippen LogP contribution in [0, 0.1) is 11.8 Å². The molecule has 1 unspecified atom stereocenters. The van der Waals surface area contributed by atoms with Gasteiger partial charge in [-0.05, 0) is 36.8 Å². The Morgan fingerprint density at radius 2 is 2.00 bits per heavy atom. The van der Waals surface area contributed by atoms with Gasteiger partial charge in [0, 0.05) is 18.9 Å². The van der Waals surface area contributed by atoms with Gasteiger partial charge in [-0.25, -0.2) is 8.42 Å². The number of rotatable bonds is 6. The number of nitrogens with one attached hydrogen (secondary N) is 1. The Bertz CT molecular complexity index is 564. The van der Waals surface area contributed by atoms with Gasteiger partial charge < -0.3 is 9.88 Å². The zero-order chi connectivity index (χ0) is 15.5. The van der Waals surface area contributed by atoms with Crippen LogP contribution in [0.5, 0.6) is 0 Å². The average Bonchev–Trinajstić information content (AvgIpc) is 3.02. The molecule has 2 heterocycles. The summed E-state index contributed by atoms with van der Waals surface area (Å²) in [7, 11) is -2.88. The first-order valence-corrected chi connectivity index (χ1v) is 9.30. The number of sulfone groups is 1. The zero-order valence-electron chi connectivity index (χ0n) is 12.7. The van der Waals surface area contributed by atoms with Crippen molar-refractivity contribution in [2.45, 2.75) is 32.7 Å². The lowest BCUT2D eigenvalue weighted by molar-refractivity contribution is -0.125. The molecule has 5 nitrogen and oxygen atoms in total. The van der Waals surface area contributed by atoms with Gasteiger partial charge in [0.05, 0.1) is 11.5 Å². The molecule has 1 aliphatic heterocycles. The lowest BCUT2D eigenvalue weighted by Crippen LogP contribution is -2.36. The van der Waals surface area contributed by atoms with Crippen molar-refractivity contribution in [1.29, 1.82) is 0 Å². The topological polar surface area (TPSA) is 68.2 Å². The molecule has 1 amide bonds. The van der Waals surface area contributed by atoms with E-state index in [4.69, 9.17) is 0 Å². The van der Waals surface area contributed by atoms with E-state index in [-0.39, 0.29) is 29.4 Å². The third kappa shape index (κ3) is 4.59. The monoisotopic (exact) mass is 312 g/mol. The maximum atomic E-state index is 12.4. The normalized spacial score (nSPS) is 22.3. The van der Waals surface area contributed by atoms with Gasteiger partial charge in [0.15, 0.2) is 9.84 Å². The van der Waals surface area contributed by atoms with E-state index in [1.165, 1.54) is 0 Å². The fourth-order valence-corrected chi connectivity index (χ4v) is 4.62. The summed E-state index contributed by atoms with van der Waals surface area (Å²) in [4.78, 5) is 12.4. The average molecular weight is 312 g/mol. The summed E-state index contributed by atoms with van der Waals surface area (Å²) in [5, 5.41) is 2.93. The van der Waals surface area contributed by atoms with E-state index >= 15 is 0 Å². The third-order valence-corrected chi connectivity index (χ3v) is 5.71. The zero-order valence-corrected chi connectivity index (χ0v) is 13.5. The van der Waals surface area contributed by atoms with Crippen molar-refractivity contribution in [3.05, 3.63) is 24.5 Å². The summed E-state index contributed by atoms with van der Waals surface area (Å²) in [6.45, 7) is 4.63. The van der Waals surface area contributed by atoms with Crippen LogP contribution in [0.15, 0.2) is 24.5 Å². The number of amides is 1. The first-order chi connectivity index (χ1) is 9.87. The second-order valence-electron chi connectivity index (χ2n) is 6.29. The Morgan fingerprint density at radius 1 is 1.33 bits per heavy atom. The fourth-order valence-electron chi connectivity index (χ4n) is 2.76. The van der Waals surface area contributed by atoms with E-state index in [0.717, 1.165) is 6.42 Å². The van der Waals surface area contributed by atoms with Crippen LogP contribution < -0.4 is 5.32 Å². The Labute approximate surface area is 126 Å². The van der Waals surface area contributed by atoms with Gasteiger partial charge in [-0.2, -0.15) is 0 Å². The van der Waals surface area contributed by atoms with Gasteiger partial charge in [-0.1, -0.05) is 13.8 Å². The molecule has 0 radical (unpaired) electrons. The number of carbonyl (C=O) groups is 1. The summed E-state index contributed by atoms with van der Waals surface area (Å²) in [6, 6.07) is 3.59. The van der Waals surface area contributed by atoms with E-state index in [0.29, 0.717) is 18.9 Å². The van der Waals surface area contributed by atoms with Crippen LogP contribution in [0.3, 0.4) is 0 Å². The Balaban J connectivity index is 1.93. The molecule has 0 saturated carbocycles. The van der Waals surface area contributed by atoms with E-state index < -0.39 is 9.84 Å².